The molecule has 1 amide bonds. The average Bonchev–Trinajstić information content (AvgIpc) is 3.13. The van der Waals surface area contributed by atoms with Crippen LogP contribution in [-0.2, 0) is 4.79 Å². The van der Waals surface area contributed by atoms with E-state index in [9.17, 15) is 4.79 Å². The third-order valence-electron chi connectivity index (χ3n) is 3.85. The van der Waals surface area contributed by atoms with Crippen molar-refractivity contribution in [1.82, 2.24) is 15.1 Å². The molecule has 0 bridgehead atoms. The minimum atomic E-state index is 0.0766. The number of aryl methyl sites for hydroxylation is 2. The molecule has 1 fully saturated rings. The number of amides is 1. The lowest BCUT2D eigenvalue weighted by molar-refractivity contribution is -0.128. The quantitative estimate of drug-likeness (QED) is 0.872. The van der Waals surface area contributed by atoms with Gasteiger partial charge in [-0.25, -0.2) is 0 Å². The summed E-state index contributed by atoms with van der Waals surface area (Å²) in [5, 5.41) is 7.19. The van der Waals surface area contributed by atoms with E-state index in [1.54, 1.807) is 11.8 Å². The smallest absolute Gasteiger partial charge is 0.232 e. The Labute approximate surface area is 119 Å². The third-order valence-corrected chi connectivity index (χ3v) is 5.01. The molecule has 5 heteroatoms. The summed E-state index contributed by atoms with van der Waals surface area (Å²) >= 11 is 1.77. The van der Waals surface area contributed by atoms with Gasteiger partial charge in [-0.05, 0) is 45.3 Å². The molecule has 0 aliphatic heterocycles. The standard InChI is InChI=1S/C14H23N3OS/c1-9-14(10(2)16-15-9)11(3)17(4)13(18)8-19-7-12-5-6-12/h11-12H,5-8H2,1-4H3,(H,15,16)/t11-/m0/s1. The molecule has 1 aliphatic rings. The Balaban J connectivity index is 1.89. The van der Waals surface area contributed by atoms with Crippen LogP contribution in [0.5, 0.6) is 0 Å². The molecule has 4 nitrogen and oxygen atoms in total. The molecule has 106 valence electrons. The van der Waals surface area contributed by atoms with Gasteiger partial charge in [0.15, 0.2) is 0 Å². The minimum Gasteiger partial charge on any atom is -0.338 e. The van der Waals surface area contributed by atoms with E-state index in [0.717, 1.165) is 28.6 Å². The summed E-state index contributed by atoms with van der Waals surface area (Å²) in [4.78, 5) is 14.0. The van der Waals surface area contributed by atoms with E-state index in [1.807, 2.05) is 25.8 Å². The number of nitrogens with one attached hydrogen (secondary N) is 1. The normalized spacial score (nSPS) is 16.4. The number of H-pyrrole nitrogens is 1. The summed E-state index contributed by atoms with van der Waals surface area (Å²) in [5.41, 5.74) is 3.17. The van der Waals surface area contributed by atoms with Crippen LogP contribution in [0.4, 0.5) is 0 Å². The molecule has 1 N–H and O–H groups in total. The van der Waals surface area contributed by atoms with Crippen molar-refractivity contribution in [2.45, 2.75) is 39.7 Å². The number of carbonyl (C=O) groups is 1. The monoisotopic (exact) mass is 281 g/mol. The summed E-state index contributed by atoms with van der Waals surface area (Å²) in [6.45, 7) is 6.05. The molecule has 0 saturated heterocycles. The van der Waals surface area contributed by atoms with Gasteiger partial charge in [0.2, 0.25) is 5.91 Å². The lowest BCUT2D eigenvalue weighted by atomic mass is 10.1. The maximum Gasteiger partial charge on any atom is 0.232 e. The van der Waals surface area contributed by atoms with Gasteiger partial charge in [0.1, 0.15) is 0 Å². The number of hydrogen-bond donors (Lipinski definition) is 1. The largest absolute Gasteiger partial charge is 0.338 e. The predicted octanol–water partition coefficient (Wildman–Crippen LogP) is 2.69. The Kier molecular flexibility index (Phi) is 4.55. The Morgan fingerprint density at radius 3 is 2.74 bits per heavy atom. The number of nitrogens with zero attached hydrogens (tertiary/aromatic N) is 2. The molecular weight excluding hydrogens is 258 g/mol. The highest BCUT2D eigenvalue weighted by Crippen LogP contribution is 2.32. The van der Waals surface area contributed by atoms with Crippen LogP contribution in [0, 0.1) is 19.8 Å². The van der Waals surface area contributed by atoms with Crippen LogP contribution in [0.15, 0.2) is 0 Å². The van der Waals surface area contributed by atoms with Gasteiger partial charge in [-0.2, -0.15) is 16.9 Å². The van der Waals surface area contributed by atoms with E-state index in [4.69, 9.17) is 0 Å². The second-order valence-corrected chi connectivity index (χ2v) is 6.52. The predicted molar refractivity (Wildman–Crippen MR) is 79.3 cm³/mol. The van der Waals surface area contributed by atoms with E-state index >= 15 is 0 Å². The molecular formula is C14H23N3OS. The molecule has 0 aromatic carbocycles. The lowest BCUT2D eigenvalue weighted by Gasteiger charge is -2.25. The van der Waals surface area contributed by atoms with Crippen molar-refractivity contribution in [3.05, 3.63) is 17.0 Å². The van der Waals surface area contributed by atoms with Crippen LogP contribution in [-0.4, -0.2) is 39.6 Å². The highest BCUT2D eigenvalue weighted by molar-refractivity contribution is 7.99. The first-order chi connectivity index (χ1) is 9.00. The first kappa shape index (κ1) is 14.4. The van der Waals surface area contributed by atoms with Crippen molar-refractivity contribution in [2.24, 2.45) is 5.92 Å². The fourth-order valence-corrected chi connectivity index (χ4v) is 3.45. The summed E-state index contributed by atoms with van der Waals surface area (Å²) in [6.07, 6.45) is 2.70. The minimum absolute atomic E-state index is 0.0766. The van der Waals surface area contributed by atoms with Gasteiger partial charge in [0.05, 0.1) is 17.5 Å². The van der Waals surface area contributed by atoms with Crippen molar-refractivity contribution in [1.29, 1.82) is 0 Å². The molecule has 1 aromatic heterocycles. The second kappa shape index (κ2) is 5.99. The van der Waals surface area contributed by atoms with Crippen LogP contribution < -0.4 is 0 Å². The molecule has 19 heavy (non-hydrogen) atoms. The highest BCUT2D eigenvalue weighted by atomic mass is 32.2. The number of thioether (sulfide) groups is 1. The van der Waals surface area contributed by atoms with Crippen molar-refractivity contribution in [2.75, 3.05) is 18.6 Å². The average molecular weight is 281 g/mol. The van der Waals surface area contributed by atoms with E-state index in [1.165, 1.54) is 12.8 Å². The second-order valence-electron chi connectivity index (χ2n) is 5.49. The fraction of sp³-hybridized carbons (Fsp3) is 0.714. The van der Waals surface area contributed by atoms with E-state index < -0.39 is 0 Å². The van der Waals surface area contributed by atoms with E-state index in [-0.39, 0.29) is 11.9 Å². The molecule has 0 radical (unpaired) electrons. The molecule has 0 spiro atoms. The molecule has 1 saturated carbocycles. The Hall–Kier alpha value is -0.970. The van der Waals surface area contributed by atoms with Gasteiger partial charge in [0, 0.05) is 18.3 Å². The number of carbonyl (C=O) groups excluding carboxylic acids is 1. The van der Waals surface area contributed by atoms with Crippen molar-refractivity contribution in [3.63, 3.8) is 0 Å². The highest BCUT2D eigenvalue weighted by Gasteiger charge is 2.24. The van der Waals surface area contributed by atoms with Crippen LogP contribution in [0.3, 0.4) is 0 Å². The van der Waals surface area contributed by atoms with Crippen LogP contribution >= 0.6 is 11.8 Å². The maximum absolute atomic E-state index is 12.2. The van der Waals surface area contributed by atoms with Gasteiger partial charge in [-0.3, -0.25) is 9.89 Å². The van der Waals surface area contributed by atoms with Crippen LogP contribution in [0.1, 0.15) is 42.8 Å². The zero-order valence-electron chi connectivity index (χ0n) is 12.2. The number of aromatic nitrogens is 2. The number of aromatic amines is 1. The summed E-state index contributed by atoms with van der Waals surface area (Å²) < 4.78 is 0. The Morgan fingerprint density at radius 1 is 1.53 bits per heavy atom. The zero-order valence-corrected chi connectivity index (χ0v) is 13.0. The van der Waals surface area contributed by atoms with Gasteiger partial charge in [-0.15, -0.1) is 0 Å². The Bertz CT molecular complexity index is 434. The topological polar surface area (TPSA) is 49.0 Å². The molecule has 0 unspecified atom stereocenters. The van der Waals surface area contributed by atoms with Gasteiger partial charge in [0.25, 0.3) is 0 Å². The van der Waals surface area contributed by atoms with Gasteiger partial charge >= 0.3 is 0 Å². The van der Waals surface area contributed by atoms with Crippen molar-refractivity contribution >= 4 is 17.7 Å². The van der Waals surface area contributed by atoms with Gasteiger partial charge in [-0.1, -0.05) is 0 Å². The van der Waals surface area contributed by atoms with Crippen molar-refractivity contribution < 1.29 is 4.79 Å². The lowest BCUT2D eigenvalue weighted by Crippen LogP contribution is -2.31. The molecule has 2 rings (SSSR count). The van der Waals surface area contributed by atoms with Gasteiger partial charge < -0.3 is 4.90 Å². The summed E-state index contributed by atoms with van der Waals surface area (Å²) in [7, 11) is 1.89. The number of hydrogen-bond acceptors (Lipinski definition) is 3. The molecule has 1 heterocycles. The van der Waals surface area contributed by atoms with Crippen molar-refractivity contribution in [3.8, 4) is 0 Å². The third kappa shape index (κ3) is 3.53. The first-order valence-corrected chi connectivity index (χ1v) is 8.01. The zero-order chi connectivity index (χ0) is 14.0. The first-order valence-electron chi connectivity index (χ1n) is 6.85. The molecule has 1 aliphatic carbocycles. The van der Waals surface area contributed by atoms with E-state index in [0.29, 0.717) is 5.75 Å². The van der Waals surface area contributed by atoms with Crippen LogP contribution in [0.2, 0.25) is 0 Å². The SMILES string of the molecule is Cc1n[nH]c(C)c1[C@H](C)N(C)C(=O)CSCC1CC1. The number of rotatable bonds is 6. The van der Waals surface area contributed by atoms with Crippen LogP contribution in [0.25, 0.3) is 0 Å². The fourth-order valence-electron chi connectivity index (χ4n) is 2.28. The maximum atomic E-state index is 12.2. The van der Waals surface area contributed by atoms with E-state index in [2.05, 4.69) is 17.1 Å². The Morgan fingerprint density at radius 2 is 2.21 bits per heavy atom. The molecule has 1 atom stereocenters. The summed E-state index contributed by atoms with van der Waals surface area (Å²) in [6, 6.07) is 0.0766. The molecule has 1 aromatic rings. The summed E-state index contributed by atoms with van der Waals surface area (Å²) in [5.74, 6) is 2.81.